The molecule has 2 fully saturated rings. The molecule has 1 aliphatic heterocycles. The number of rotatable bonds is 1. The Bertz CT molecular complexity index is 212. The van der Waals surface area contributed by atoms with E-state index in [1.807, 2.05) is 0 Å². The molecule has 0 spiro atoms. The average Bonchev–Trinajstić information content (AvgIpc) is 2.60. The minimum Gasteiger partial charge on any atom is -0.377 e. The largest absolute Gasteiger partial charge is 0.377 e. The number of carbonyl (C=O) groups is 1. The summed E-state index contributed by atoms with van der Waals surface area (Å²) in [6.45, 7) is 5.24. The van der Waals surface area contributed by atoms with Gasteiger partial charge < -0.3 is 4.74 Å². The number of Topliss-reactive ketones (excluding diaryl/α,β-unsaturated/α-hetero) is 1. The van der Waals surface area contributed by atoms with Crippen LogP contribution in [0, 0.1) is 17.8 Å². The van der Waals surface area contributed by atoms with E-state index < -0.39 is 0 Å². The van der Waals surface area contributed by atoms with Gasteiger partial charge in [0.2, 0.25) is 0 Å². The van der Waals surface area contributed by atoms with Gasteiger partial charge in [-0.3, -0.25) is 4.79 Å². The van der Waals surface area contributed by atoms with Crippen molar-refractivity contribution in [2.24, 2.45) is 17.8 Å². The molecule has 1 saturated carbocycles. The number of ketones is 1. The van der Waals surface area contributed by atoms with Crippen molar-refractivity contribution in [1.82, 2.24) is 0 Å². The summed E-state index contributed by atoms with van der Waals surface area (Å²) in [5.41, 5.74) is 0. The molecular weight excluding hydrogens is 164 g/mol. The zero-order valence-corrected chi connectivity index (χ0v) is 8.45. The molecule has 0 aromatic carbocycles. The van der Waals surface area contributed by atoms with E-state index in [1.165, 1.54) is 0 Å². The predicted octanol–water partition coefficient (Wildman–Crippen LogP) is 2.03. The monoisotopic (exact) mass is 182 g/mol. The van der Waals surface area contributed by atoms with Crippen LogP contribution < -0.4 is 0 Å². The minimum absolute atomic E-state index is 0.206. The van der Waals surface area contributed by atoms with Gasteiger partial charge in [0.05, 0.1) is 6.10 Å². The molecule has 1 unspecified atom stereocenters. The van der Waals surface area contributed by atoms with Gasteiger partial charge in [-0.2, -0.15) is 0 Å². The highest BCUT2D eigenvalue weighted by Crippen LogP contribution is 2.38. The molecule has 1 heterocycles. The summed E-state index contributed by atoms with van der Waals surface area (Å²) in [6, 6.07) is 0. The Balaban J connectivity index is 2.09. The first-order valence-corrected chi connectivity index (χ1v) is 5.34. The zero-order chi connectivity index (χ0) is 9.42. The van der Waals surface area contributed by atoms with Crippen LogP contribution in [0.5, 0.6) is 0 Å². The highest BCUT2D eigenvalue weighted by molar-refractivity contribution is 5.84. The standard InChI is InChI=1S/C11H18O2/c1-7-3-4-9(12)10(7)11-8(2)5-6-13-11/h7-8,10-11H,3-6H2,1-2H3/t7?,8-,10-,11-/m1/s1. The SMILES string of the molecule is CC1CCC(=O)[C@@H]1[C@@H]1OCC[C@H]1C. The molecule has 4 atom stereocenters. The van der Waals surface area contributed by atoms with Crippen molar-refractivity contribution in [2.75, 3.05) is 6.61 Å². The topological polar surface area (TPSA) is 26.3 Å². The number of hydrogen-bond acceptors (Lipinski definition) is 2. The van der Waals surface area contributed by atoms with Gasteiger partial charge in [-0.15, -0.1) is 0 Å². The third kappa shape index (κ3) is 1.52. The van der Waals surface area contributed by atoms with E-state index in [-0.39, 0.29) is 12.0 Å². The summed E-state index contributed by atoms with van der Waals surface area (Å²) in [6.07, 6.45) is 3.19. The Morgan fingerprint density at radius 1 is 1.23 bits per heavy atom. The van der Waals surface area contributed by atoms with Crippen molar-refractivity contribution < 1.29 is 9.53 Å². The normalized spacial score (nSPS) is 45.8. The first-order chi connectivity index (χ1) is 6.20. The van der Waals surface area contributed by atoms with Crippen LogP contribution in [0.2, 0.25) is 0 Å². The van der Waals surface area contributed by atoms with E-state index in [4.69, 9.17) is 4.74 Å². The lowest BCUT2D eigenvalue weighted by atomic mass is 9.85. The van der Waals surface area contributed by atoms with Gasteiger partial charge in [0.15, 0.2) is 0 Å². The molecule has 0 radical (unpaired) electrons. The van der Waals surface area contributed by atoms with E-state index in [1.54, 1.807) is 0 Å². The maximum Gasteiger partial charge on any atom is 0.138 e. The lowest BCUT2D eigenvalue weighted by Crippen LogP contribution is -2.31. The van der Waals surface area contributed by atoms with E-state index >= 15 is 0 Å². The van der Waals surface area contributed by atoms with Crippen molar-refractivity contribution >= 4 is 5.78 Å². The summed E-state index contributed by atoms with van der Waals surface area (Å²) in [7, 11) is 0. The quantitative estimate of drug-likeness (QED) is 0.620. The summed E-state index contributed by atoms with van der Waals surface area (Å²) in [5.74, 6) is 1.76. The van der Waals surface area contributed by atoms with Crippen LogP contribution in [0.1, 0.15) is 33.1 Å². The summed E-state index contributed by atoms with van der Waals surface area (Å²) in [5, 5.41) is 0. The van der Waals surface area contributed by atoms with E-state index in [0.717, 1.165) is 25.9 Å². The van der Waals surface area contributed by atoms with E-state index in [9.17, 15) is 4.79 Å². The molecule has 74 valence electrons. The number of ether oxygens (including phenoxy) is 1. The van der Waals surface area contributed by atoms with Gasteiger partial charge in [0.1, 0.15) is 5.78 Å². The predicted molar refractivity (Wildman–Crippen MR) is 50.4 cm³/mol. The highest BCUT2D eigenvalue weighted by atomic mass is 16.5. The number of carbonyl (C=O) groups excluding carboxylic acids is 1. The molecule has 2 nitrogen and oxygen atoms in total. The third-order valence-corrected chi connectivity index (χ3v) is 3.63. The second-order valence-electron chi connectivity index (χ2n) is 4.61. The van der Waals surface area contributed by atoms with Crippen molar-refractivity contribution in [3.63, 3.8) is 0 Å². The van der Waals surface area contributed by atoms with E-state index in [2.05, 4.69) is 13.8 Å². The Kier molecular flexibility index (Phi) is 2.41. The van der Waals surface area contributed by atoms with Gasteiger partial charge in [0, 0.05) is 18.9 Å². The maximum atomic E-state index is 11.6. The Morgan fingerprint density at radius 3 is 2.46 bits per heavy atom. The number of hydrogen-bond donors (Lipinski definition) is 0. The fraction of sp³-hybridized carbons (Fsp3) is 0.909. The first-order valence-electron chi connectivity index (χ1n) is 5.34. The molecule has 1 saturated heterocycles. The van der Waals surface area contributed by atoms with Gasteiger partial charge in [-0.1, -0.05) is 13.8 Å². The molecule has 13 heavy (non-hydrogen) atoms. The lowest BCUT2D eigenvalue weighted by molar-refractivity contribution is -0.125. The van der Waals surface area contributed by atoms with Crippen molar-refractivity contribution in [3.05, 3.63) is 0 Å². The molecule has 0 bridgehead atoms. The van der Waals surface area contributed by atoms with Crippen LogP contribution >= 0.6 is 0 Å². The highest BCUT2D eigenvalue weighted by Gasteiger charge is 2.42. The van der Waals surface area contributed by atoms with Gasteiger partial charge in [-0.05, 0) is 24.7 Å². The van der Waals surface area contributed by atoms with Crippen molar-refractivity contribution in [1.29, 1.82) is 0 Å². The molecular formula is C11H18O2. The molecule has 0 aromatic heterocycles. The molecule has 0 aromatic rings. The summed E-state index contributed by atoms with van der Waals surface area (Å²) >= 11 is 0. The van der Waals surface area contributed by atoms with Gasteiger partial charge in [-0.25, -0.2) is 0 Å². The zero-order valence-electron chi connectivity index (χ0n) is 8.45. The molecule has 2 rings (SSSR count). The summed E-state index contributed by atoms with van der Waals surface area (Å²) in [4.78, 5) is 11.6. The first kappa shape index (κ1) is 9.20. The smallest absolute Gasteiger partial charge is 0.138 e. The van der Waals surface area contributed by atoms with E-state index in [0.29, 0.717) is 17.6 Å². The molecule has 0 N–H and O–H groups in total. The Morgan fingerprint density at radius 2 is 2.00 bits per heavy atom. The van der Waals surface area contributed by atoms with Crippen LogP contribution in [0.3, 0.4) is 0 Å². The third-order valence-electron chi connectivity index (χ3n) is 3.63. The fourth-order valence-electron chi connectivity index (χ4n) is 2.72. The van der Waals surface area contributed by atoms with Crippen LogP contribution in [0.4, 0.5) is 0 Å². The second-order valence-corrected chi connectivity index (χ2v) is 4.61. The molecule has 0 amide bonds. The van der Waals surface area contributed by atoms with Crippen LogP contribution in [-0.2, 0) is 9.53 Å². The average molecular weight is 182 g/mol. The maximum absolute atomic E-state index is 11.6. The fourth-order valence-corrected chi connectivity index (χ4v) is 2.72. The van der Waals surface area contributed by atoms with Crippen LogP contribution in [0.15, 0.2) is 0 Å². The molecule has 2 heteroatoms. The summed E-state index contributed by atoms with van der Waals surface area (Å²) < 4.78 is 5.67. The van der Waals surface area contributed by atoms with Crippen molar-refractivity contribution in [2.45, 2.75) is 39.2 Å². The Labute approximate surface area is 79.7 Å². The van der Waals surface area contributed by atoms with Crippen LogP contribution in [-0.4, -0.2) is 18.5 Å². The lowest BCUT2D eigenvalue weighted by Gasteiger charge is -2.24. The molecule has 2 aliphatic rings. The molecule has 1 aliphatic carbocycles. The Hall–Kier alpha value is -0.370. The van der Waals surface area contributed by atoms with Crippen molar-refractivity contribution in [3.8, 4) is 0 Å². The van der Waals surface area contributed by atoms with Crippen LogP contribution in [0.25, 0.3) is 0 Å². The van der Waals surface area contributed by atoms with Gasteiger partial charge >= 0.3 is 0 Å². The minimum atomic E-state index is 0.206. The second kappa shape index (κ2) is 3.41. The van der Waals surface area contributed by atoms with Gasteiger partial charge in [0.25, 0.3) is 0 Å².